The molecular weight excluding hydrogens is 320 g/mol. The smallest absolute Gasteiger partial charge is 0.320 e. The first kappa shape index (κ1) is 16.8. The number of carbonyl (C=O) groups excluding carboxylic acids is 1. The Balaban J connectivity index is 2.40. The fourth-order valence-electron chi connectivity index (χ4n) is 2.19. The van der Waals surface area contributed by atoms with E-state index in [-0.39, 0.29) is 17.1 Å². The fraction of sp³-hybridized carbons (Fsp3) is 0.286. The number of hydrogen-bond acceptors (Lipinski definition) is 5. The van der Waals surface area contributed by atoms with Crippen molar-refractivity contribution >= 4 is 28.1 Å². The van der Waals surface area contributed by atoms with Crippen LogP contribution in [0.1, 0.15) is 23.1 Å². The third-order valence-electron chi connectivity index (χ3n) is 3.22. The number of rotatable bonds is 5. The van der Waals surface area contributed by atoms with Gasteiger partial charge in [-0.1, -0.05) is 6.07 Å². The van der Waals surface area contributed by atoms with Gasteiger partial charge in [0, 0.05) is 34.2 Å². The minimum absolute atomic E-state index is 0.0991. The van der Waals surface area contributed by atoms with Crippen LogP contribution in [-0.4, -0.2) is 31.1 Å². The van der Waals surface area contributed by atoms with Crippen LogP contribution in [0.4, 0.5) is 11.4 Å². The molecule has 122 valence electrons. The van der Waals surface area contributed by atoms with Gasteiger partial charge in [-0.25, -0.2) is 0 Å². The second kappa shape index (κ2) is 6.69. The molecule has 1 aromatic carbocycles. The van der Waals surface area contributed by atoms with Gasteiger partial charge in [-0.15, -0.1) is 0 Å². The highest BCUT2D eigenvalue weighted by molar-refractivity contribution is 7.84. The van der Waals surface area contributed by atoms with E-state index in [1.165, 1.54) is 17.9 Å². The van der Waals surface area contributed by atoms with Crippen LogP contribution < -0.4 is 5.32 Å². The van der Waals surface area contributed by atoms with Gasteiger partial charge in [0.15, 0.2) is 0 Å². The molecule has 1 atom stereocenters. The molecule has 1 amide bonds. The highest BCUT2D eigenvalue weighted by atomic mass is 32.2. The van der Waals surface area contributed by atoms with Gasteiger partial charge >= 0.3 is 5.69 Å². The normalized spacial score (nSPS) is 12.0. The minimum atomic E-state index is -1.19. The number of hydrogen-bond donors (Lipinski definition) is 1. The van der Waals surface area contributed by atoms with Gasteiger partial charge in [-0.2, -0.15) is 5.10 Å². The number of amides is 1. The molecule has 0 saturated carbocycles. The fourth-order valence-corrected chi connectivity index (χ4v) is 2.75. The highest BCUT2D eigenvalue weighted by Gasteiger charge is 2.30. The first-order chi connectivity index (χ1) is 10.8. The monoisotopic (exact) mass is 336 g/mol. The van der Waals surface area contributed by atoms with Gasteiger partial charge in [-0.3, -0.25) is 23.8 Å². The van der Waals surface area contributed by atoms with E-state index in [0.29, 0.717) is 17.1 Å². The second-order valence-corrected chi connectivity index (χ2v) is 6.17. The molecule has 8 nitrogen and oxygen atoms in total. The van der Waals surface area contributed by atoms with Crippen LogP contribution in [0.3, 0.4) is 0 Å². The lowest BCUT2D eigenvalue weighted by atomic mass is 10.2. The van der Waals surface area contributed by atoms with Gasteiger partial charge in [0.2, 0.25) is 5.69 Å². The maximum Gasteiger partial charge on any atom is 0.322 e. The number of nitrogens with one attached hydrogen (secondary N) is 1. The SMILES string of the molecule is CCn1nc(C)c([N+](=O)[O-])c1C(=O)Nc1cccc([S@@](C)=O)c1. The standard InChI is InChI=1S/C14H16N4O4S/c1-4-17-13(12(18(20)21)9(2)16-17)14(19)15-10-6-5-7-11(8-10)23(3)22/h5-8H,4H2,1-3H3,(H,15,19)/t23-/m1/s1. The van der Waals surface area contributed by atoms with E-state index in [2.05, 4.69) is 10.4 Å². The van der Waals surface area contributed by atoms with Crippen molar-refractivity contribution in [2.24, 2.45) is 0 Å². The molecule has 0 aliphatic carbocycles. The lowest BCUT2D eigenvalue weighted by molar-refractivity contribution is -0.385. The molecule has 1 heterocycles. The zero-order valence-electron chi connectivity index (χ0n) is 12.9. The van der Waals surface area contributed by atoms with Crippen molar-refractivity contribution in [3.63, 3.8) is 0 Å². The van der Waals surface area contributed by atoms with Crippen LogP contribution in [0.5, 0.6) is 0 Å². The molecule has 9 heteroatoms. The molecule has 0 bridgehead atoms. The first-order valence-corrected chi connectivity index (χ1v) is 8.37. The molecule has 0 spiro atoms. The Hall–Kier alpha value is -2.55. The third-order valence-corrected chi connectivity index (χ3v) is 4.13. The molecule has 0 radical (unpaired) electrons. The van der Waals surface area contributed by atoms with Crippen LogP contribution in [0.2, 0.25) is 0 Å². The topological polar surface area (TPSA) is 107 Å². The van der Waals surface area contributed by atoms with Gasteiger partial charge in [0.1, 0.15) is 5.69 Å². The number of aryl methyl sites for hydroxylation is 2. The molecule has 1 aromatic heterocycles. The predicted octanol–water partition coefficient (Wildman–Crippen LogP) is 2.11. The summed E-state index contributed by atoms with van der Waals surface area (Å²) in [6.07, 6.45) is 1.53. The maximum atomic E-state index is 12.5. The zero-order valence-corrected chi connectivity index (χ0v) is 13.7. The Morgan fingerprint density at radius 1 is 1.48 bits per heavy atom. The lowest BCUT2D eigenvalue weighted by Gasteiger charge is -2.07. The Bertz CT molecular complexity index is 800. The molecule has 0 fully saturated rings. The first-order valence-electron chi connectivity index (χ1n) is 6.81. The summed E-state index contributed by atoms with van der Waals surface area (Å²) in [5.41, 5.74) is 0.196. The third kappa shape index (κ3) is 3.45. The van der Waals surface area contributed by atoms with Gasteiger partial charge < -0.3 is 5.32 Å². The second-order valence-electron chi connectivity index (χ2n) is 4.79. The molecule has 2 rings (SSSR count). The Labute approximate surface area is 135 Å². The van der Waals surface area contributed by atoms with E-state index in [9.17, 15) is 19.1 Å². The number of benzene rings is 1. The lowest BCUT2D eigenvalue weighted by Crippen LogP contribution is -2.18. The molecule has 0 saturated heterocycles. The van der Waals surface area contributed by atoms with E-state index in [0.717, 1.165) is 0 Å². The number of nitro groups is 1. The van der Waals surface area contributed by atoms with Crippen molar-refractivity contribution in [2.45, 2.75) is 25.3 Å². The Kier molecular flexibility index (Phi) is 4.89. The number of nitrogens with zero attached hydrogens (tertiary/aromatic N) is 3. The minimum Gasteiger partial charge on any atom is -0.320 e. The van der Waals surface area contributed by atoms with Gasteiger partial charge in [0.25, 0.3) is 5.91 Å². The average Bonchev–Trinajstić information content (AvgIpc) is 2.84. The van der Waals surface area contributed by atoms with E-state index in [1.54, 1.807) is 31.2 Å². The Morgan fingerprint density at radius 3 is 2.74 bits per heavy atom. The van der Waals surface area contributed by atoms with E-state index in [1.807, 2.05) is 0 Å². The van der Waals surface area contributed by atoms with Crippen molar-refractivity contribution in [1.82, 2.24) is 9.78 Å². The van der Waals surface area contributed by atoms with E-state index >= 15 is 0 Å². The van der Waals surface area contributed by atoms with Gasteiger partial charge in [-0.05, 0) is 32.0 Å². The summed E-state index contributed by atoms with van der Waals surface area (Å²) < 4.78 is 12.8. The van der Waals surface area contributed by atoms with Crippen molar-refractivity contribution in [1.29, 1.82) is 0 Å². The van der Waals surface area contributed by atoms with E-state index in [4.69, 9.17) is 0 Å². The summed E-state index contributed by atoms with van der Waals surface area (Å²) >= 11 is 0. The molecule has 0 aliphatic rings. The van der Waals surface area contributed by atoms with Crippen molar-refractivity contribution in [2.75, 3.05) is 11.6 Å². The molecule has 0 aliphatic heterocycles. The average molecular weight is 336 g/mol. The largest absolute Gasteiger partial charge is 0.322 e. The summed E-state index contributed by atoms with van der Waals surface area (Å²) in [6, 6.07) is 6.52. The molecular formula is C14H16N4O4S. The highest BCUT2D eigenvalue weighted by Crippen LogP contribution is 2.24. The van der Waals surface area contributed by atoms with Crippen molar-refractivity contribution < 1.29 is 13.9 Å². The van der Waals surface area contributed by atoms with Crippen LogP contribution in [0.15, 0.2) is 29.2 Å². The predicted molar refractivity (Wildman–Crippen MR) is 86.0 cm³/mol. The maximum absolute atomic E-state index is 12.5. The number of carbonyl (C=O) groups is 1. The van der Waals surface area contributed by atoms with Crippen molar-refractivity contribution in [3.8, 4) is 0 Å². The van der Waals surface area contributed by atoms with Crippen LogP contribution in [0, 0.1) is 17.0 Å². The van der Waals surface area contributed by atoms with Crippen molar-refractivity contribution in [3.05, 3.63) is 45.8 Å². The molecule has 1 N–H and O–H groups in total. The summed E-state index contributed by atoms with van der Waals surface area (Å²) in [6.45, 7) is 3.56. The Morgan fingerprint density at radius 2 is 2.17 bits per heavy atom. The molecule has 2 aromatic rings. The van der Waals surface area contributed by atoms with Crippen LogP contribution in [-0.2, 0) is 17.3 Å². The zero-order chi connectivity index (χ0) is 17.1. The summed E-state index contributed by atoms with van der Waals surface area (Å²) in [7, 11) is -1.19. The van der Waals surface area contributed by atoms with Crippen LogP contribution >= 0.6 is 0 Å². The molecule has 23 heavy (non-hydrogen) atoms. The number of anilines is 1. The van der Waals surface area contributed by atoms with E-state index < -0.39 is 21.6 Å². The van der Waals surface area contributed by atoms with Crippen LogP contribution in [0.25, 0.3) is 0 Å². The molecule has 0 unspecified atom stereocenters. The summed E-state index contributed by atoms with van der Waals surface area (Å²) in [5.74, 6) is -0.627. The quantitative estimate of drug-likeness (QED) is 0.664. The van der Waals surface area contributed by atoms with Gasteiger partial charge in [0.05, 0.1) is 4.92 Å². The summed E-state index contributed by atoms with van der Waals surface area (Å²) in [4.78, 5) is 23.6. The summed E-state index contributed by atoms with van der Waals surface area (Å²) in [5, 5.41) is 17.8. The number of aromatic nitrogens is 2.